The maximum atomic E-state index is 12.5. The molecule has 0 spiro atoms. The number of carbonyl (C=O) groups excluding carboxylic acids is 1. The summed E-state index contributed by atoms with van der Waals surface area (Å²) in [6.45, 7) is 1.75. The van der Waals surface area contributed by atoms with Crippen molar-refractivity contribution in [2.75, 3.05) is 13.1 Å². The second-order valence-corrected chi connectivity index (χ2v) is 7.59. The van der Waals surface area contributed by atoms with Gasteiger partial charge in [0.25, 0.3) is 0 Å². The van der Waals surface area contributed by atoms with E-state index in [4.69, 9.17) is 4.42 Å². The van der Waals surface area contributed by atoms with E-state index in [0.29, 0.717) is 24.6 Å². The Balaban J connectivity index is 1.35. The molecular weight excluding hydrogens is 362 g/mol. The molecule has 1 aliphatic heterocycles. The molecule has 2 aromatic carbocycles. The number of amides is 1. The van der Waals surface area contributed by atoms with Crippen LogP contribution in [0.3, 0.4) is 0 Å². The van der Waals surface area contributed by atoms with Gasteiger partial charge in [0.15, 0.2) is 0 Å². The summed E-state index contributed by atoms with van der Waals surface area (Å²) in [5, 5.41) is 8.30. The Bertz CT molecular complexity index is 911. The molecule has 1 aliphatic rings. The van der Waals surface area contributed by atoms with Gasteiger partial charge in [-0.3, -0.25) is 4.79 Å². The van der Waals surface area contributed by atoms with Gasteiger partial charge in [0.2, 0.25) is 17.7 Å². The lowest BCUT2D eigenvalue weighted by Gasteiger charge is -2.24. The van der Waals surface area contributed by atoms with Crippen LogP contribution in [-0.4, -0.2) is 34.1 Å². The average Bonchev–Trinajstić information content (AvgIpc) is 3.22. The molecule has 1 fully saturated rings. The quantitative estimate of drug-likeness (QED) is 0.607. The number of aryl methyl sites for hydroxylation is 1. The van der Waals surface area contributed by atoms with Gasteiger partial charge in [-0.05, 0) is 36.1 Å². The molecule has 0 radical (unpaired) electrons. The normalized spacial score (nSPS) is 15.0. The van der Waals surface area contributed by atoms with E-state index in [0.717, 1.165) is 37.1 Å². The molecule has 150 valence electrons. The van der Waals surface area contributed by atoms with Crippen LogP contribution < -0.4 is 0 Å². The molecule has 0 atom stereocenters. The van der Waals surface area contributed by atoms with Crippen molar-refractivity contribution in [1.29, 1.82) is 0 Å². The zero-order valence-corrected chi connectivity index (χ0v) is 16.7. The summed E-state index contributed by atoms with van der Waals surface area (Å²) in [7, 11) is 0. The number of likely N-dealkylation sites (tertiary alicyclic amines) is 1. The van der Waals surface area contributed by atoms with E-state index in [2.05, 4.69) is 34.5 Å². The fourth-order valence-electron chi connectivity index (χ4n) is 3.78. The number of benzene rings is 2. The predicted molar refractivity (Wildman–Crippen MR) is 113 cm³/mol. The van der Waals surface area contributed by atoms with Crippen molar-refractivity contribution in [2.45, 2.75) is 44.9 Å². The van der Waals surface area contributed by atoms with Crippen LogP contribution in [0.5, 0.6) is 0 Å². The summed E-state index contributed by atoms with van der Waals surface area (Å²) < 4.78 is 5.80. The van der Waals surface area contributed by atoms with E-state index in [1.807, 2.05) is 35.2 Å². The molecule has 0 aliphatic carbocycles. The highest BCUT2D eigenvalue weighted by Gasteiger charge is 2.16. The van der Waals surface area contributed by atoms with Gasteiger partial charge in [-0.25, -0.2) is 0 Å². The fourth-order valence-corrected chi connectivity index (χ4v) is 3.78. The van der Waals surface area contributed by atoms with E-state index in [1.165, 1.54) is 24.8 Å². The largest absolute Gasteiger partial charge is 0.421 e. The highest BCUT2D eigenvalue weighted by molar-refractivity contribution is 5.76. The molecule has 1 aromatic heterocycles. The molecule has 5 heteroatoms. The molecule has 4 rings (SSSR count). The minimum absolute atomic E-state index is 0.193. The molecule has 0 saturated carbocycles. The molecule has 1 saturated heterocycles. The van der Waals surface area contributed by atoms with Crippen LogP contribution in [0.15, 0.2) is 59.0 Å². The lowest BCUT2D eigenvalue weighted by atomic mass is 10.0. The molecule has 1 amide bonds. The first-order chi connectivity index (χ1) is 14.3. The third-order valence-electron chi connectivity index (χ3n) is 5.47. The van der Waals surface area contributed by atoms with Crippen molar-refractivity contribution in [3.63, 3.8) is 0 Å². The van der Waals surface area contributed by atoms with E-state index < -0.39 is 0 Å². The van der Waals surface area contributed by atoms with Crippen molar-refractivity contribution in [1.82, 2.24) is 15.1 Å². The van der Waals surface area contributed by atoms with Gasteiger partial charge in [-0.15, -0.1) is 10.2 Å². The van der Waals surface area contributed by atoms with Crippen LogP contribution >= 0.6 is 0 Å². The molecule has 0 bridgehead atoms. The molecule has 0 N–H and O–H groups in total. The van der Waals surface area contributed by atoms with Gasteiger partial charge < -0.3 is 9.32 Å². The summed E-state index contributed by atoms with van der Waals surface area (Å²) in [4.78, 5) is 14.5. The van der Waals surface area contributed by atoms with Crippen molar-refractivity contribution in [3.8, 4) is 22.6 Å². The Kier molecular flexibility index (Phi) is 6.35. The number of aromatic nitrogens is 2. The van der Waals surface area contributed by atoms with E-state index >= 15 is 0 Å². The number of hydrogen-bond acceptors (Lipinski definition) is 4. The van der Waals surface area contributed by atoms with Gasteiger partial charge in [-0.1, -0.05) is 61.7 Å². The Morgan fingerprint density at radius 2 is 1.41 bits per heavy atom. The standard InChI is InChI=1S/C24H27N3O2/c28-23(27-17-7-2-1-3-8-18-27)16-15-22-25-26-24(29-22)21-13-11-20(12-14-21)19-9-5-4-6-10-19/h4-6,9-14H,1-3,7-8,15-18H2. The summed E-state index contributed by atoms with van der Waals surface area (Å²) >= 11 is 0. The zero-order chi connectivity index (χ0) is 19.9. The summed E-state index contributed by atoms with van der Waals surface area (Å²) in [6.07, 6.45) is 6.86. The topological polar surface area (TPSA) is 59.2 Å². The van der Waals surface area contributed by atoms with Gasteiger partial charge in [0.1, 0.15) is 0 Å². The Morgan fingerprint density at radius 3 is 2.14 bits per heavy atom. The fraction of sp³-hybridized carbons (Fsp3) is 0.375. The highest BCUT2D eigenvalue weighted by Crippen LogP contribution is 2.24. The van der Waals surface area contributed by atoms with Gasteiger partial charge in [-0.2, -0.15) is 0 Å². The Labute approximate surface area is 171 Å². The summed E-state index contributed by atoms with van der Waals surface area (Å²) in [6, 6.07) is 18.3. The molecule has 29 heavy (non-hydrogen) atoms. The SMILES string of the molecule is O=C(CCc1nnc(-c2ccc(-c3ccccc3)cc2)o1)N1CCCCCCC1. The minimum atomic E-state index is 0.193. The van der Waals surface area contributed by atoms with Gasteiger partial charge in [0, 0.05) is 31.5 Å². The molecule has 0 unspecified atom stereocenters. The predicted octanol–water partition coefficient (Wildman–Crippen LogP) is 5.13. The number of carbonyl (C=O) groups is 1. The monoisotopic (exact) mass is 389 g/mol. The molecule has 2 heterocycles. The number of rotatable bonds is 5. The minimum Gasteiger partial charge on any atom is -0.421 e. The third-order valence-corrected chi connectivity index (χ3v) is 5.47. The first-order valence-electron chi connectivity index (χ1n) is 10.6. The van der Waals surface area contributed by atoms with E-state index in [-0.39, 0.29) is 5.91 Å². The van der Waals surface area contributed by atoms with E-state index in [1.54, 1.807) is 0 Å². The van der Waals surface area contributed by atoms with Gasteiger partial charge >= 0.3 is 0 Å². The third kappa shape index (κ3) is 5.11. The number of nitrogens with zero attached hydrogens (tertiary/aromatic N) is 3. The molecular formula is C24H27N3O2. The van der Waals surface area contributed by atoms with Crippen molar-refractivity contribution in [3.05, 3.63) is 60.5 Å². The number of hydrogen-bond donors (Lipinski definition) is 0. The van der Waals surface area contributed by atoms with Crippen LogP contribution in [0.4, 0.5) is 0 Å². The smallest absolute Gasteiger partial charge is 0.247 e. The first-order valence-corrected chi connectivity index (χ1v) is 10.6. The van der Waals surface area contributed by atoms with Crippen LogP contribution in [-0.2, 0) is 11.2 Å². The van der Waals surface area contributed by atoms with Crippen molar-refractivity contribution >= 4 is 5.91 Å². The lowest BCUT2D eigenvalue weighted by Crippen LogP contribution is -2.33. The lowest BCUT2D eigenvalue weighted by molar-refractivity contribution is -0.131. The Morgan fingerprint density at radius 1 is 0.793 bits per heavy atom. The van der Waals surface area contributed by atoms with Crippen LogP contribution in [0.2, 0.25) is 0 Å². The van der Waals surface area contributed by atoms with Crippen LogP contribution in [0, 0.1) is 0 Å². The molecule has 3 aromatic rings. The maximum absolute atomic E-state index is 12.5. The Hall–Kier alpha value is -2.95. The average molecular weight is 389 g/mol. The second kappa shape index (κ2) is 9.50. The second-order valence-electron chi connectivity index (χ2n) is 7.59. The van der Waals surface area contributed by atoms with Crippen molar-refractivity contribution < 1.29 is 9.21 Å². The van der Waals surface area contributed by atoms with E-state index in [9.17, 15) is 4.79 Å². The molecule has 5 nitrogen and oxygen atoms in total. The summed E-state index contributed by atoms with van der Waals surface area (Å²) in [5.74, 6) is 1.21. The first kappa shape index (κ1) is 19.4. The summed E-state index contributed by atoms with van der Waals surface area (Å²) in [5.41, 5.74) is 3.21. The van der Waals surface area contributed by atoms with Gasteiger partial charge in [0.05, 0.1) is 0 Å². The maximum Gasteiger partial charge on any atom is 0.247 e. The van der Waals surface area contributed by atoms with Crippen molar-refractivity contribution in [2.24, 2.45) is 0 Å². The zero-order valence-electron chi connectivity index (χ0n) is 16.7. The highest BCUT2D eigenvalue weighted by atomic mass is 16.4. The van der Waals surface area contributed by atoms with Crippen LogP contribution in [0.25, 0.3) is 22.6 Å². The van der Waals surface area contributed by atoms with Crippen LogP contribution in [0.1, 0.15) is 44.4 Å².